The molecular weight excluding hydrogens is 426 g/mol. The van der Waals surface area contributed by atoms with E-state index < -0.39 is 0 Å². The number of rotatable bonds is 6. The number of nitrogen functional groups attached to an aromatic ring is 1. The Bertz CT molecular complexity index is 1230. The second-order valence-corrected chi connectivity index (χ2v) is 8.80. The summed E-state index contributed by atoms with van der Waals surface area (Å²) in [4.78, 5) is 28.3. The summed E-state index contributed by atoms with van der Waals surface area (Å²) in [6.45, 7) is 5.92. The summed E-state index contributed by atoms with van der Waals surface area (Å²) in [6, 6.07) is 8.42. The van der Waals surface area contributed by atoms with Crippen LogP contribution in [0.5, 0.6) is 0 Å². The number of hydrogen-bond acceptors (Lipinski definition) is 7. The molecule has 0 radical (unpaired) electrons. The lowest BCUT2D eigenvalue weighted by molar-refractivity contribution is -0.111. The van der Waals surface area contributed by atoms with Gasteiger partial charge in [0.05, 0.1) is 18.1 Å². The number of aromatic nitrogens is 3. The van der Waals surface area contributed by atoms with E-state index in [1.54, 1.807) is 0 Å². The normalized spacial score (nSPS) is 15.7. The van der Waals surface area contributed by atoms with Crippen LogP contribution in [-0.4, -0.2) is 45.4 Å². The Morgan fingerprint density at radius 3 is 2.65 bits per heavy atom. The fourth-order valence-electron chi connectivity index (χ4n) is 4.68. The lowest BCUT2D eigenvalue weighted by atomic mass is 9.90. The van der Waals surface area contributed by atoms with Gasteiger partial charge in [-0.25, -0.2) is 9.97 Å². The number of nitrogens with zero attached hydrogens (tertiary/aromatic N) is 4. The molecule has 1 saturated heterocycles. The molecule has 0 saturated carbocycles. The Kier molecular flexibility index (Phi) is 6.22. The second-order valence-electron chi connectivity index (χ2n) is 8.80. The van der Waals surface area contributed by atoms with Gasteiger partial charge in [-0.05, 0) is 67.3 Å². The van der Waals surface area contributed by atoms with Gasteiger partial charge >= 0.3 is 0 Å². The van der Waals surface area contributed by atoms with Crippen LogP contribution in [0.15, 0.2) is 54.6 Å². The molecule has 2 aromatic heterocycles. The molecule has 174 valence electrons. The lowest BCUT2D eigenvalue weighted by Crippen LogP contribution is -2.22. The van der Waals surface area contributed by atoms with Crippen LogP contribution in [0.25, 0.3) is 16.7 Å². The molecule has 4 N–H and O–H groups in total. The van der Waals surface area contributed by atoms with E-state index in [9.17, 15) is 4.79 Å². The van der Waals surface area contributed by atoms with Gasteiger partial charge in [0.2, 0.25) is 5.95 Å². The van der Waals surface area contributed by atoms with Crippen molar-refractivity contribution in [3.63, 3.8) is 0 Å². The number of carbonyl (C=O) groups excluding carboxylic acids is 1. The summed E-state index contributed by atoms with van der Waals surface area (Å²) in [6.07, 6.45) is 10.2. The molecule has 0 atom stereocenters. The largest absolute Gasteiger partial charge is 0.381 e. The van der Waals surface area contributed by atoms with Crippen molar-refractivity contribution in [2.45, 2.75) is 32.7 Å². The zero-order valence-corrected chi connectivity index (χ0v) is 19.3. The minimum absolute atomic E-state index is 0.170. The third-order valence-corrected chi connectivity index (χ3v) is 6.45. The highest BCUT2D eigenvalue weighted by Gasteiger charge is 2.24. The average Bonchev–Trinajstić information content (AvgIpc) is 3.37. The zero-order valence-electron chi connectivity index (χ0n) is 19.3. The third-order valence-electron chi connectivity index (χ3n) is 6.45. The van der Waals surface area contributed by atoms with Crippen LogP contribution in [0.4, 0.5) is 17.3 Å². The fourth-order valence-corrected chi connectivity index (χ4v) is 4.68. The van der Waals surface area contributed by atoms with Crippen molar-refractivity contribution in [2.24, 2.45) is 0 Å². The van der Waals surface area contributed by atoms with E-state index >= 15 is 0 Å². The van der Waals surface area contributed by atoms with Crippen molar-refractivity contribution < 1.29 is 4.79 Å². The molecule has 8 nitrogen and oxygen atoms in total. The molecule has 0 unspecified atom stereocenters. The Labute approximate surface area is 199 Å². The van der Waals surface area contributed by atoms with Crippen LogP contribution in [0.2, 0.25) is 0 Å². The Hall–Kier alpha value is -3.78. The smallest absolute Gasteiger partial charge is 0.256 e. The molecule has 0 spiro atoms. The molecule has 34 heavy (non-hydrogen) atoms. The van der Waals surface area contributed by atoms with Crippen molar-refractivity contribution in [1.29, 1.82) is 0 Å². The highest BCUT2D eigenvalue weighted by Crippen LogP contribution is 2.36. The first-order chi connectivity index (χ1) is 16.6. The summed E-state index contributed by atoms with van der Waals surface area (Å²) < 4.78 is 0. The van der Waals surface area contributed by atoms with E-state index in [0.717, 1.165) is 54.0 Å². The van der Waals surface area contributed by atoms with E-state index in [1.807, 2.05) is 18.5 Å². The minimum Gasteiger partial charge on any atom is -0.381 e. The SMILES string of the molecule is CCC1=C(C(=O)Nc2cnc(N)nc2)c2cc(-c3cncc(CN4CCCC4)c3)ccc2NC1. The van der Waals surface area contributed by atoms with Gasteiger partial charge in [0.25, 0.3) is 5.91 Å². The topological polar surface area (TPSA) is 109 Å². The van der Waals surface area contributed by atoms with Crippen molar-refractivity contribution in [3.05, 3.63) is 65.8 Å². The number of anilines is 3. The van der Waals surface area contributed by atoms with Crippen LogP contribution in [0, 0.1) is 0 Å². The lowest BCUT2D eigenvalue weighted by Gasteiger charge is -2.25. The Morgan fingerprint density at radius 2 is 1.88 bits per heavy atom. The van der Waals surface area contributed by atoms with E-state index in [0.29, 0.717) is 17.8 Å². The van der Waals surface area contributed by atoms with Crippen LogP contribution in [-0.2, 0) is 11.3 Å². The van der Waals surface area contributed by atoms with Gasteiger partial charge in [0, 0.05) is 47.9 Å². The number of likely N-dealkylation sites (tertiary alicyclic amines) is 1. The summed E-state index contributed by atoms with van der Waals surface area (Å²) in [5.41, 5.74) is 13.0. The molecule has 1 amide bonds. The van der Waals surface area contributed by atoms with Gasteiger partial charge in [-0.3, -0.25) is 14.7 Å². The first-order valence-electron chi connectivity index (χ1n) is 11.8. The van der Waals surface area contributed by atoms with Gasteiger partial charge in [0.15, 0.2) is 0 Å². The highest BCUT2D eigenvalue weighted by atomic mass is 16.1. The molecule has 4 heterocycles. The number of nitrogens with two attached hydrogens (primary N) is 1. The maximum atomic E-state index is 13.4. The molecule has 1 aromatic carbocycles. The number of amides is 1. The van der Waals surface area contributed by atoms with E-state index in [1.165, 1.54) is 30.8 Å². The van der Waals surface area contributed by atoms with Crippen LogP contribution >= 0.6 is 0 Å². The van der Waals surface area contributed by atoms with Crippen molar-refractivity contribution in [3.8, 4) is 11.1 Å². The number of benzene rings is 1. The van der Waals surface area contributed by atoms with Gasteiger partial charge in [0.1, 0.15) is 0 Å². The highest BCUT2D eigenvalue weighted by molar-refractivity contribution is 6.28. The molecular formula is C26H29N7O. The molecule has 1 fully saturated rings. The van der Waals surface area contributed by atoms with Crippen LogP contribution in [0.3, 0.4) is 0 Å². The quantitative estimate of drug-likeness (QED) is 0.516. The van der Waals surface area contributed by atoms with Gasteiger partial charge < -0.3 is 16.4 Å². The Morgan fingerprint density at radius 1 is 1.09 bits per heavy atom. The zero-order chi connectivity index (χ0) is 23.5. The van der Waals surface area contributed by atoms with Crippen LogP contribution < -0.4 is 16.4 Å². The predicted molar refractivity (Wildman–Crippen MR) is 135 cm³/mol. The van der Waals surface area contributed by atoms with Crippen molar-refractivity contribution in [2.75, 3.05) is 36.0 Å². The number of carbonyl (C=O) groups is 1. The average molecular weight is 456 g/mol. The monoisotopic (exact) mass is 455 g/mol. The second kappa shape index (κ2) is 9.61. The van der Waals surface area contributed by atoms with E-state index in [4.69, 9.17) is 5.73 Å². The number of fused-ring (bicyclic) bond motifs is 1. The van der Waals surface area contributed by atoms with Gasteiger partial charge in [-0.1, -0.05) is 13.0 Å². The van der Waals surface area contributed by atoms with Crippen molar-refractivity contribution in [1.82, 2.24) is 19.9 Å². The minimum atomic E-state index is -0.175. The van der Waals surface area contributed by atoms with Gasteiger partial charge in [-0.2, -0.15) is 0 Å². The van der Waals surface area contributed by atoms with Crippen molar-refractivity contribution >= 4 is 28.8 Å². The number of hydrogen-bond donors (Lipinski definition) is 3. The Balaban J connectivity index is 1.46. The van der Waals surface area contributed by atoms with Gasteiger partial charge in [-0.15, -0.1) is 0 Å². The maximum absolute atomic E-state index is 13.4. The maximum Gasteiger partial charge on any atom is 0.256 e. The molecule has 3 aromatic rings. The van der Waals surface area contributed by atoms with E-state index in [-0.39, 0.29) is 11.9 Å². The summed E-state index contributed by atoms with van der Waals surface area (Å²) in [5, 5.41) is 6.39. The summed E-state index contributed by atoms with van der Waals surface area (Å²) >= 11 is 0. The molecule has 0 aliphatic carbocycles. The predicted octanol–water partition coefficient (Wildman–Crippen LogP) is 3.94. The number of pyridine rings is 1. The van der Waals surface area contributed by atoms with E-state index in [2.05, 4.69) is 55.6 Å². The molecule has 2 aliphatic heterocycles. The third kappa shape index (κ3) is 4.63. The fraction of sp³-hybridized carbons (Fsp3) is 0.308. The van der Waals surface area contributed by atoms with Crippen LogP contribution in [0.1, 0.15) is 37.3 Å². The first kappa shape index (κ1) is 22.0. The first-order valence-corrected chi connectivity index (χ1v) is 11.8. The molecule has 2 aliphatic rings. The molecule has 5 rings (SSSR count). The standard InChI is InChI=1S/C26H29N7O/c1-2-18-13-29-23-6-5-19(20-9-17(11-28-12-20)16-33-7-3-4-8-33)10-22(23)24(18)25(34)32-21-14-30-26(27)31-15-21/h5-6,9-12,14-15,29H,2-4,7-8,13,16H2,1H3,(H,32,34)(H2,27,30,31). The summed E-state index contributed by atoms with van der Waals surface area (Å²) in [5.74, 6) is -0.00471. The summed E-state index contributed by atoms with van der Waals surface area (Å²) in [7, 11) is 0. The molecule has 0 bridgehead atoms. The molecule has 8 heteroatoms. The number of nitrogens with one attached hydrogen (secondary N) is 2.